The fourth-order valence-corrected chi connectivity index (χ4v) is 7.28. The maximum Gasteiger partial charge on any atom is 0.263 e. The number of morpholine rings is 1. The van der Waals surface area contributed by atoms with Crippen LogP contribution >= 0.6 is 23.1 Å². The number of carbonyl (C=O) groups excluding carboxylic acids is 1. The van der Waals surface area contributed by atoms with E-state index >= 15 is 0 Å². The number of aromatic nitrogens is 1. The van der Waals surface area contributed by atoms with Gasteiger partial charge in [-0.2, -0.15) is 16.1 Å². The van der Waals surface area contributed by atoms with Crippen LogP contribution < -0.4 is 10.2 Å². The Morgan fingerprint density at radius 2 is 1.93 bits per heavy atom. The second kappa shape index (κ2) is 9.65. The van der Waals surface area contributed by atoms with Crippen molar-refractivity contribution >= 4 is 44.8 Å². The summed E-state index contributed by atoms with van der Waals surface area (Å²) in [5.74, 6) is 2.03. The zero-order valence-electron chi connectivity index (χ0n) is 16.5. The molecule has 2 fully saturated rings. The van der Waals surface area contributed by atoms with Crippen molar-refractivity contribution in [3.8, 4) is 0 Å². The number of anilines is 1. The molecule has 2 aromatic rings. The molecule has 0 aliphatic carbocycles. The average Bonchev–Trinajstić information content (AvgIpc) is 3.30. The molecule has 162 valence electrons. The van der Waals surface area contributed by atoms with E-state index in [1.165, 1.54) is 10.4 Å². The number of hydrogen-bond donors (Lipinski definition) is 1. The van der Waals surface area contributed by atoms with Gasteiger partial charge in [0, 0.05) is 50.4 Å². The number of thioether (sulfide) groups is 1. The van der Waals surface area contributed by atoms with Crippen molar-refractivity contribution < 1.29 is 17.9 Å². The summed E-state index contributed by atoms with van der Waals surface area (Å²) in [5, 5.41) is 4.52. The van der Waals surface area contributed by atoms with Gasteiger partial charge in [-0.15, -0.1) is 11.3 Å². The van der Waals surface area contributed by atoms with Crippen LogP contribution in [0.2, 0.25) is 0 Å². The van der Waals surface area contributed by atoms with Crippen molar-refractivity contribution in [3.63, 3.8) is 0 Å². The van der Waals surface area contributed by atoms with Gasteiger partial charge in [-0.25, -0.2) is 13.4 Å². The van der Waals surface area contributed by atoms with E-state index in [0.29, 0.717) is 32.8 Å². The van der Waals surface area contributed by atoms with Crippen LogP contribution in [0.1, 0.15) is 15.2 Å². The Hall–Kier alpha value is -1.66. The van der Waals surface area contributed by atoms with Gasteiger partial charge in [0.25, 0.3) is 5.91 Å². The zero-order valence-corrected chi connectivity index (χ0v) is 18.9. The van der Waals surface area contributed by atoms with Crippen LogP contribution in [0, 0.1) is 0 Å². The summed E-state index contributed by atoms with van der Waals surface area (Å²) in [4.78, 5) is 19.7. The lowest BCUT2D eigenvalue weighted by Gasteiger charge is -2.28. The Morgan fingerprint density at radius 1 is 1.17 bits per heavy atom. The van der Waals surface area contributed by atoms with Crippen LogP contribution in [-0.4, -0.2) is 74.5 Å². The van der Waals surface area contributed by atoms with Gasteiger partial charge in [0.15, 0.2) is 0 Å². The lowest BCUT2D eigenvalue weighted by Crippen LogP contribution is -2.38. The Morgan fingerprint density at radius 3 is 2.70 bits per heavy atom. The van der Waals surface area contributed by atoms with Gasteiger partial charge < -0.3 is 15.0 Å². The molecule has 4 heterocycles. The van der Waals surface area contributed by atoms with E-state index in [-0.39, 0.29) is 15.7 Å². The summed E-state index contributed by atoms with van der Waals surface area (Å²) in [6, 6.07) is 5.32. The van der Waals surface area contributed by atoms with Crippen LogP contribution in [-0.2, 0) is 21.3 Å². The van der Waals surface area contributed by atoms with Crippen molar-refractivity contribution in [2.24, 2.45) is 0 Å². The van der Waals surface area contributed by atoms with E-state index in [1.807, 2.05) is 12.1 Å². The SMILES string of the molecule is O=C(NCc1ccnc(N2CCOCC2)c1)c1sccc1S(=O)(=O)N1CCSCC1. The number of hydrogen-bond acceptors (Lipinski definition) is 8. The summed E-state index contributed by atoms with van der Waals surface area (Å²) >= 11 is 2.89. The van der Waals surface area contributed by atoms with E-state index in [4.69, 9.17) is 4.74 Å². The summed E-state index contributed by atoms with van der Waals surface area (Å²) in [6.07, 6.45) is 1.72. The Balaban J connectivity index is 1.44. The number of thiophene rings is 1. The Kier molecular flexibility index (Phi) is 6.94. The van der Waals surface area contributed by atoms with E-state index in [1.54, 1.807) is 23.3 Å². The van der Waals surface area contributed by atoms with E-state index in [2.05, 4.69) is 15.2 Å². The van der Waals surface area contributed by atoms with E-state index < -0.39 is 10.0 Å². The Labute approximate surface area is 184 Å². The third kappa shape index (κ3) is 4.80. The molecule has 0 saturated carbocycles. The van der Waals surface area contributed by atoms with Gasteiger partial charge in [-0.05, 0) is 29.1 Å². The number of ether oxygens (including phenoxy) is 1. The van der Waals surface area contributed by atoms with Crippen LogP contribution in [0.25, 0.3) is 0 Å². The fourth-order valence-electron chi connectivity index (χ4n) is 3.39. The normalized spacial score (nSPS) is 18.3. The summed E-state index contributed by atoms with van der Waals surface area (Å²) in [7, 11) is -3.66. The van der Waals surface area contributed by atoms with E-state index in [0.717, 1.165) is 47.3 Å². The molecule has 2 aliphatic rings. The number of sulfonamides is 1. The van der Waals surface area contributed by atoms with Crippen molar-refractivity contribution in [1.29, 1.82) is 0 Å². The first-order valence-electron chi connectivity index (χ1n) is 9.77. The van der Waals surface area contributed by atoms with Crippen molar-refractivity contribution in [1.82, 2.24) is 14.6 Å². The highest BCUT2D eigenvalue weighted by Crippen LogP contribution is 2.27. The highest BCUT2D eigenvalue weighted by atomic mass is 32.2. The van der Waals surface area contributed by atoms with Gasteiger partial charge in [0.1, 0.15) is 15.6 Å². The van der Waals surface area contributed by atoms with Crippen LogP contribution in [0.5, 0.6) is 0 Å². The number of nitrogens with zero attached hydrogens (tertiary/aromatic N) is 3. The van der Waals surface area contributed by atoms with Crippen molar-refractivity contribution in [3.05, 3.63) is 40.2 Å². The molecule has 4 rings (SSSR count). The Bertz CT molecular complexity index is 983. The van der Waals surface area contributed by atoms with Gasteiger partial charge >= 0.3 is 0 Å². The quantitative estimate of drug-likeness (QED) is 0.689. The third-order valence-electron chi connectivity index (χ3n) is 5.02. The molecule has 0 unspecified atom stereocenters. The first-order chi connectivity index (χ1) is 14.6. The molecule has 0 atom stereocenters. The molecule has 0 bridgehead atoms. The molecule has 2 aromatic heterocycles. The van der Waals surface area contributed by atoms with Gasteiger partial charge in [-0.3, -0.25) is 4.79 Å². The number of carbonyl (C=O) groups is 1. The third-order valence-corrected chi connectivity index (χ3v) is 8.95. The number of nitrogens with one attached hydrogen (secondary N) is 1. The first-order valence-corrected chi connectivity index (χ1v) is 13.2. The van der Waals surface area contributed by atoms with E-state index in [9.17, 15) is 13.2 Å². The predicted molar refractivity (Wildman–Crippen MR) is 119 cm³/mol. The highest BCUT2D eigenvalue weighted by molar-refractivity contribution is 7.99. The molecule has 1 amide bonds. The molecule has 0 radical (unpaired) electrons. The van der Waals surface area contributed by atoms with Gasteiger partial charge in [0.2, 0.25) is 10.0 Å². The van der Waals surface area contributed by atoms with Crippen LogP contribution in [0.15, 0.2) is 34.7 Å². The summed E-state index contributed by atoms with van der Waals surface area (Å²) in [6.45, 7) is 4.18. The average molecular weight is 469 g/mol. The summed E-state index contributed by atoms with van der Waals surface area (Å²) in [5.41, 5.74) is 0.911. The lowest BCUT2D eigenvalue weighted by atomic mass is 10.2. The molecule has 0 aromatic carbocycles. The number of rotatable bonds is 6. The minimum absolute atomic E-state index is 0.0978. The fraction of sp³-hybridized carbons (Fsp3) is 0.474. The number of amides is 1. The molecule has 8 nitrogen and oxygen atoms in total. The topological polar surface area (TPSA) is 91.8 Å². The standard InChI is InChI=1S/C19H24N4O4S3/c24-19(18-16(2-10-29-18)30(25,26)23-6-11-28-12-7-23)21-14-15-1-3-20-17(13-15)22-4-8-27-9-5-22/h1-3,10,13H,4-9,11-12,14H2,(H,21,24). The van der Waals surface area contributed by atoms with Crippen molar-refractivity contribution in [2.75, 3.05) is 55.8 Å². The molecule has 0 spiro atoms. The summed E-state index contributed by atoms with van der Waals surface area (Å²) < 4.78 is 32.8. The predicted octanol–water partition coefficient (Wildman–Crippen LogP) is 1.65. The monoisotopic (exact) mass is 468 g/mol. The minimum Gasteiger partial charge on any atom is -0.378 e. The minimum atomic E-state index is -3.66. The van der Waals surface area contributed by atoms with Crippen LogP contribution in [0.3, 0.4) is 0 Å². The second-order valence-corrected chi connectivity index (χ2v) is 11.0. The molecule has 30 heavy (non-hydrogen) atoms. The van der Waals surface area contributed by atoms with Gasteiger partial charge in [-0.1, -0.05) is 0 Å². The first kappa shape index (κ1) is 21.6. The highest BCUT2D eigenvalue weighted by Gasteiger charge is 2.31. The largest absolute Gasteiger partial charge is 0.378 e. The zero-order chi connectivity index (χ0) is 21.0. The maximum atomic E-state index is 13.0. The molecule has 2 aliphatic heterocycles. The smallest absolute Gasteiger partial charge is 0.263 e. The van der Waals surface area contributed by atoms with Gasteiger partial charge in [0.05, 0.1) is 13.2 Å². The maximum absolute atomic E-state index is 13.0. The molecule has 1 N–H and O–H groups in total. The molecular formula is C19H24N4O4S3. The molecule has 2 saturated heterocycles. The van der Waals surface area contributed by atoms with Crippen molar-refractivity contribution in [2.45, 2.75) is 11.4 Å². The van der Waals surface area contributed by atoms with Crippen LogP contribution in [0.4, 0.5) is 5.82 Å². The number of pyridine rings is 1. The molecule has 11 heteroatoms. The second-order valence-electron chi connectivity index (χ2n) is 6.93. The molecular weight excluding hydrogens is 444 g/mol. The lowest BCUT2D eigenvalue weighted by molar-refractivity contribution is 0.0952.